The van der Waals surface area contributed by atoms with Gasteiger partial charge in [-0.1, -0.05) is 18.2 Å². The van der Waals surface area contributed by atoms with Crippen LogP contribution >= 0.6 is 0 Å². The Morgan fingerprint density at radius 2 is 1.85 bits per heavy atom. The van der Waals surface area contributed by atoms with Crippen molar-refractivity contribution in [2.75, 3.05) is 11.9 Å². The molecule has 1 heterocycles. The minimum Gasteiger partial charge on any atom is -0.351 e. The van der Waals surface area contributed by atoms with Gasteiger partial charge in [-0.25, -0.2) is 0 Å². The molecule has 1 aromatic carbocycles. The lowest BCUT2D eigenvalue weighted by Gasteiger charge is -2.22. The molecule has 106 valence electrons. The molecule has 3 amide bonds. The third kappa shape index (κ3) is 2.24. The molecule has 0 radical (unpaired) electrons. The van der Waals surface area contributed by atoms with E-state index in [1.165, 1.54) is 7.05 Å². The summed E-state index contributed by atoms with van der Waals surface area (Å²) in [4.78, 5) is 37.0. The first-order valence-electron chi connectivity index (χ1n) is 6.42. The lowest BCUT2D eigenvalue weighted by atomic mass is 10.1. The molecular formula is C14H17N3O3. The molecule has 20 heavy (non-hydrogen) atoms. The number of hydrogen-bond donors (Lipinski definition) is 2. The lowest BCUT2D eigenvalue weighted by molar-refractivity contribution is -0.140. The molecule has 0 bridgehead atoms. The van der Waals surface area contributed by atoms with Gasteiger partial charge in [0.1, 0.15) is 6.04 Å². The van der Waals surface area contributed by atoms with Gasteiger partial charge in [0.05, 0.1) is 0 Å². The van der Waals surface area contributed by atoms with E-state index in [-0.39, 0.29) is 11.9 Å². The Balaban J connectivity index is 2.33. The zero-order chi connectivity index (χ0) is 14.9. The van der Waals surface area contributed by atoms with Crippen LogP contribution in [0.1, 0.15) is 25.5 Å². The molecule has 0 saturated heterocycles. The average Bonchev–Trinajstić information content (AvgIpc) is 2.70. The van der Waals surface area contributed by atoms with Crippen molar-refractivity contribution in [2.24, 2.45) is 0 Å². The normalized spacial score (nSPS) is 17.1. The SMILES string of the molecule is CNC(=O)C(=O)NC1C(=O)N(C(C)C)c2ccccc21. The zero-order valence-corrected chi connectivity index (χ0v) is 11.6. The van der Waals surface area contributed by atoms with E-state index in [2.05, 4.69) is 10.6 Å². The standard InChI is InChI=1S/C14H17N3O3/c1-8(2)17-10-7-5-4-6-9(10)11(14(17)20)16-13(19)12(18)15-3/h4-8,11H,1-3H3,(H,15,18)(H,16,19). The molecule has 0 aromatic heterocycles. The van der Waals surface area contributed by atoms with Crippen molar-refractivity contribution in [3.63, 3.8) is 0 Å². The average molecular weight is 275 g/mol. The highest BCUT2D eigenvalue weighted by molar-refractivity contribution is 6.35. The molecule has 1 aromatic rings. The van der Waals surface area contributed by atoms with Crippen LogP contribution in [0.15, 0.2) is 24.3 Å². The summed E-state index contributed by atoms with van der Waals surface area (Å²) < 4.78 is 0. The van der Waals surface area contributed by atoms with Crippen molar-refractivity contribution in [1.29, 1.82) is 0 Å². The molecule has 1 aliphatic rings. The minimum atomic E-state index is -0.814. The Morgan fingerprint density at radius 1 is 1.20 bits per heavy atom. The van der Waals surface area contributed by atoms with Crippen LogP contribution in [0.4, 0.5) is 5.69 Å². The summed E-state index contributed by atoms with van der Waals surface area (Å²) in [5.41, 5.74) is 1.48. The number of anilines is 1. The summed E-state index contributed by atoms with van der Waals surface area (Å²) in [6, 6.07) is 6.42. The first-order chi connectivity index (χ1) is 9.47. The van der Waals surface area contributed by atoms with Crippen LogP contribution in [-0.4, -0.2) is 30.8 Å². The summed E-state index contributed by atoms with van der Waals surface area (Å²) in [5, 5.41) is 4.71. The fraction of sp³-hybridized carbons (Fsp3) is 0.357. The first kappa shape index (κ1) is 14.0. The summed E-state index contributed by atoms with van der Waals surface area (Å²) >= 11 is 0. The maximum atomic E-state index is 12.4. The van der Waals surface area contributed by atoms with Crippen LogP contribution in [0.3, 0.4) is 0 Å². The number of nitrogens with one attached hydrogen (secondary N) is 2. The molecule has 0 spiro atoms. The van der Waals surface area contributed by atoms with Gasteiger partial charge in [0, 0.05) is 24.3 Å². The number of benzene rings is 1. The van der Waals surface area contributed by atoms with Crippen molar-refractivity contribution in [3.05, 3.63) is 29.8 Å². The van der Waals surface area contributed by atoms with Crippen molar-refractivity contribution in [1.82, 2.24) is 10.6 Å². The van der Waals surface area contributed by atoms with Gasteiger partial charge in [0.15, 0.2) is 0 Å². The number of amides is 3. The second-order valence-corrected chi connectivity index (χ2v) is 4.85. The zero-order valence-electron chi connectivity index (χ0n) is 11.6. The molecule has 2 rings (SSSR count). The van der Waals surface area contributed by atoms with Gasteiger partial charge >= 0.3 is 11.8 Å². The summed E-state index contributed by atoms with van der Waals surface area (Å²) in [7, 11) is 1.37. The summed E-state index contributed by atoms with van der Waals surface area (Å²) in [5.74, 6) is -1.80. The predicted octanol–water partition coefficient (Wildman–Crippen LogP) is 0.345. The molecule has 0 aliphatic carbocycles. The molecule has 2 N–H and O–H groups in total. The van der Waals surface area contributed by atoms with Crippen LogP contribution in [0.5, 0.6) is 0 Å². The van der Waals surface area contributed by atoms with Gasteiger partial charge in [0.2, 0.25) is 0 Å². The molecule has 1 aliphatic heterocycles. The number of rotatable bonds is 2. The van der Waals surface area contributed by atoms with Gasteiger partial charge in [-0.05, 0) is 19.9 Å². The Morgan fingerprint density at radius 3 is 2.45 bits per heavy atom. The molecule has 6 nitrogen and oxygen atoms in total. The molecule has 1 atom stereocenters. The Hall–Kier alpha value is -2.37. The molecule has 1 unspecified atom stereocenters. The van der Waals surface area contributed by atoms with Gasteiger partial charge in [-0.3, -0.25) is 14.4 Å². The van der Waals surface area contributed by atoms with Crippen molar-refractivity contribution in [2.45, 2.75) is 25.9 Å². The van der Waals surface area contributed by atoms with Crippen LogP contribution in [-0.2, 0) is 14.4 Å². The van der Waals surface area contributed by atoms with Gasteiger partial charge < -0.3 is 15.5 Å². The Labute approximate surface area is 117 Å². The van der Waals surface area contributed by atoms with Gasteiger partial charge in [-0.15, -0.1) is 0 Å². The van der Waals surface area contributed by atoms with E-state index < -0.39 is 17.9 Å². The maximum Gasteiger partial charge on any atom is 0.310 e. The molecular weight excluding hydrogens is 258 g/mol. The third-order valence-corrected chi connectivity index (χ3v) is 3.22. The smallest absolute Gasteiger partial charge is 0.310 e. The Kier molecular flexibility index (Phi) is 3.74. The van der Waals surface area contributed by atoms with Crippen LogP contribution < -0.4 is 15.5 Å². The minimum absolute atomic E-state index is 0.0226. The highest BCUT2D eigenvalue weighted by atomic mass is 16.2. The van der Waals surface area contributed by atoms with E-state index in [1.807, 2.05) is 26.0 Å². The van der Waals surface area contributed by atoms with E-state index >= 15 is 0 Å². The van der Waals surface area contributed by atoms with Crippen LogP contribution in [0.2, 0.25) is 0 Å². The van der Waals surface area contributed by atoms with Crippen molar-refractivity contribution >= 4 is 23.4 Å². The number of hydrogen-bond acceptors (Lipinski definition) is 3. The van der Waals surface area contributed by atoms with E-state index in [9.17, 15) is 14.4 Å². The number of fused-ring (bicyclic) bond motifs is 1. The number of carbonyl (C=O) groups excluding carboxylic acids is 3. The maximum absolute atomic E-state index is 12.4. The van der Waals surface area contributed by atoms with Crippen molar-refractivity contribution < 1.29 is 14.4 Å². The molecule has 0 saturated carbocycles. The predicted molar refractivity (Wildman–Crippen MR) is 74.0 cm³/mol. The number of likely N-dealkylation sites (N-methyl/N-ethyl adjacent to an activating group) is 1. The Bertz CT molecular complexity index is 569. The number of para-hydroxylation sites is 1. The fourth-order valence-electron chi connectivity index (χ4n) is 2.32. The van der Waals surface area contributed by atoms with E-state index in [4.69, 9.17) is 0 Å². The lowest BCUT2D eigenvalue weighted by Crippen LogP contribution is -2.44. The van der Waals surface area contributed by atoms with E-state index in [0.29, 0.717) is 5.56 Å². The van der Waals surface area contributed by atoms with Crippen molar-refractivity contribution in [3.8, 4) is 0 Å². The highest BCUT2D eigenvalue weighted by Gasteiger charge is 2.39. The topological polar surface area (TPSA) is 78.5 Å². The summed E-state index contributed by atoms with van der Waals surface area (Å²) in [6.45, 7) is 3.80. The van der Waals surface area contributed by atoms with E-state index in [1.54, 1.807) is 17.0 Å². The number of carbonyl (C=O) groups is 3. The van der Waals surface area contributed by atoms with E-state index in [0.717, 1.165) is 5.69 Å². The second-order valence-electron chi connectivity index (χ2n) is 4.85. The van der Waals surface area contributed by atoms with Crippen LogP contribution in [0, 0.1) is 0 Å². The first-order valence-corrected chi connectivity index (χ1v) is 6.42. The van der Waals surface area contributed by atoms with Gasteiger partial charge in [0.25, 0.3) is 5.91 Å². The quantitative estimate of drug-likeness (QED) is 0.764. The molecule has 6 heteroatoms. The monoisotopic (exact) mass is 275 g/mol. The third-order valence-electron chi connectivity index (χ3n) is 3.22. The number of nitrogens with zero attached hydrogens (tertiary/aromatic N) is 1. The highest BCUT2D eigenvalue weighted by Crippen LogP contribution is 2.36. The summed E-state index contributed by atoms with van der Waals surface area (Å²) in [6.07, 6.45) is 0. The van der Waals surface area contributed by atoms with Crippen LogP contribution in [0.25, 0.3) is 0 Å². The molecule has 0 fully saturated rings. The van der Waals surface area contributed by atoms with Gasteiger partial charge in [-0.2, -0.15) is 0 Å². The second kappa shape index (κ2) is 5.32. The largest absolute Gasteiger partial charge is 0.351 e. The fourth-order valence-corrected chi connectivity index (χ4v) is 2.32.